The second-order valence-corrected chi connectivity index (χ2v) is 4.15. The van der Waals surface area contributed by atoms with Gasteiger partial charge < -0.3 is 9.88 Å². The van der Waals surface area contributed by atoms with E-state index in [4.69, 9.17) is 0 Å². The van der Waals surface area contributed by atoms with E-state index in [0.29, 0.717) is 6.04 Å². The number of aromatic nitrogens is 2. The predicted molar refractivity (Wildman–Crippen MR) is 69.8 cm³/mol. The van der Waals surface area contributed by atoms with Crippen LogP contribution in [0, 0.1) is 6.92 Å². The zero-order chi connectivity index (χ0) is 12.1. The maximum atomic E-state index is 4.26. The van der Waals surface area contributed by atoms with Crippen LogP contribution in [0.5, 0.6) is 0 Å². The SMILES string of the molecule is CCNC(Cn1ccnc1C)c1ccccc1. The monoisotopic (exact) mass is 229 g/mol. The van der Waals surface area contributed by atoms with Crippen molar-refractivity contribution in [3.05, 3.63) is 54.1 Å². The van der Waals surface area contributed by atoms with Gasteiger partial charge in [-0.15, -0.1) is 0 Å². The third kappa shape index (κ3) is 2.94. The van der Waals surface area contributed by atoms with Gasteiger partial charge in [0.15, 0.2) is 0 Å². The summed E-state index contributed by atoms with van der Waals surface area (Å²) < 4.78 is 2.18. The standard InChI is InChI=1S/C14H19N3/c1-3-15-14(13-7-5-4-6-8-13)11-17-10-9-16-12(17)2/h4-10,14-15H,3,11H2,1-2H3. The Hall–Kier alpha value is -1.61. The molecule has 3 nitrogen and oxygen atoms in total. The first-order valence-electron chi connectivity index (χ1n) is 6.07. The van der Waals surface area contributed by atoms with Gasteiger partial charge in [-0.05, 0) is 19.0 Å². The third-order valence-electron chi connectivity index (χ3n) is 2.96. The average Bonchev–Trinajstić information content (AvgIpc) is 2.76. The second-order valence-electron chi connectivity index (χ2n) is 4.15. The van der Waals surface area contributed by atoms with Crippen LogP contribution in [0.3, 0.4) is 0 Å². The summed E-state index contributed by atoms with van der Waals surface area (Å²) in [6.45, 7) is 6.06. The van der Waals surface area contributed by atoms with Gasteiger partial charge in [-0.25, -0.2) is 4.98 Å². The Morgan fingerprint density at radius 2 is 2.06 bits per heavy atom. The first-order valence-corrected chi connectivity index (χ1v) is 6.07. The summed E-state index contributed by atoms with van der Waals surface area (Å²) in [5, 5.41) is 3.52. The minimum absolute atomic E-state index is 0.342. The number of hydrogen-bond acceptors (Lipinski definition) is 2. The highest BCUT2D eigenvalue weighted by atomic mass is 15.1. The van der Waals surface area contributed by atoms with Crippen molar-refractivity contribution in [2.24, 2.45) is 0 Å². The Balaban J connectivity index is 2.16. The number of nitrogens with one attached hydrogen (secondary N) is 1. The average molecular weight is 229 g/mol. The van der Waals surface area contributed by atoms with Crippen molar-refractivity contribution in [2.45, 2.75) is 26.4 Å². The fraction of sp³-hybridized carbons (Fsp3) is 0.357. The van der Waals surface area contributed by atoms with E-state index in [-0.39, 0.29) is 0 Å². The maximum absolute atomic E-state index is 4.26. The molecule has 2 aromatic rings. The molecule has 3 heteroatoms. The van der Waals surface area contributed by atoms with Crippen LogP contribution in [0.25, 0.3) is 0 Å². The highest BCUT2D eigenvalue weighted by Crippen LogP contribution is 2.15. The van der Waals surface area contributed by atoms with E-state index in [1.54, 1.807) is 0 Å². The summed E-state index contributed by atoms with van der Waals surface area (Å²) in [6.07, 6.45) is 3.88. The van der Waals surface area contributed by atoms with Gasteiger partial charge in [-0.1, -0.05) is 37.3 Å². The predicted octanol–water partition coefficient (Wildman–Crippen LogP) is 2.54. The van der Waals surface area contributed by atoms with Gasteiger partial charge in [-0.3, -0.25) is 0 Å². The molecule has 1 aromatic carbocycles. The van der Waals surface area contributed by atoms with Crippen molar-refractivity contribution in [1.29, 1.82) is 0 Å². The van der Waals surface area contributed by atoms with Crippen molar-refractivity contribution in [3.63, 3.8) is 0 Å². The highest BCUT2D eigenvalue weighted by molar-refractivity contribution is 5.19. The normalized spacial score (nSPS) is 12.6. The molecule has 0 saturated carbocycles. The molecule has 0 saturated heterocycles. The van der Waals surface area contributed by atoms with Crippen LogP contribution in [0.1, 0.15) is 24.4 Å². The molecule has 17 heavy (non-hydrogen) atoms. The highest BCUT2D eigenvalue weighted by Gasteiger charge is 2.11. The van der Waals surface area contributed by atoms with Crippen LogP contribution in [0.4, 0.5) is 0 Å². The van der Waals surface area contributed by atoms with Gasteiger partial charge in [0, 0.05) is 18.9 Å². The zero-order valence-electron chi connectivity index (χ0n) is 10.4. The summed E-state index contributed by atoms with van der Waals surface area (Å²) in [5.41, 5.74) is 1.32. The lowest BCUT2D eigenvalue weighted by Crippen LogP contribution is -2.25. The van der Waals surface area contributed by atoms with Gasteiger partial charge >= 0.3 is 0 Å². The molecular formula is C14H19N3. The molecule has 1 atom stereocenters. The lowest BCUT2D eigenvalue weighted by atomic mass is 10.1. The second kappa shape index (κ2) is 5.64. The van der Waals surface area contributed by atoms with Gasteiger partial charge in [0.25, 0.3) is 0 Å². The van der Waals surface area contributed by atoms with Crippen molar-refractivity contribution in [1.82, 2.24) is 14.9 Å². The number of rotatable bonds is 5. The minimum Gasteiger partial charge on any atom is -0.333 e. The number of hydrogen-bond donors (Lipinski definition) is 1. The fourth-order valence-electron chi connectivity index (χ4n) is 2.01. The smallest absolute Gasteiger partial charge is 0.105 e. The van der Waals surface area contributed by atoms with Gasteiger partial charge in [0.05, 0.1) is 6.04 Å². The first-order chi connectivity index (χ1) is 8.31. The van der Waals surface area contributed by atoms with E-state index >= 15 is 0 Å². The lowest BCUT2D eigenvalue weighted by Gasteiger charge is -2.19. The van der Waals surface area contributed by atoms with Gasteiger partial charge in [-0.2, -0.15) is 0 Å². The molecule has 0 aliphatic carbocycles. The third-order valence-corrected chi connectivity index (χ3v) is 2.96. The molecule has 0 bridgehead atoms. The van der Waals surface area contributed by atoms with E-state index < -0.39 is 0 Å². The van der Waals surface area contributed by atoms with Crippen molar-refractivity contribution in [3.8, 4) is 0 Å². The molecule has 0 fully saturated rings. The summed E-state index contributed by atoms with van der Waals surface area (Å²) >= 11 is 0. The van der Waals surface area contributed by atoms with Crippen molar-refractivity contribution in [2.75, 3.05) is 6.54 Å². The Morgan fingerprint density at radius 1 is 1.29 bits per heavy atom. The van der Waals surface area contributed by atoms with Crippen molar-refractivity contribution >= 4 is 0 Å². The molecule has 90 valence electrons. The molecule has 1 unspecified atom stereocenters. The molecule has 0 amide bonds. The summed E-state index contributed by atoms with van der Waals surface area (Å²) in [4.78, 5) is 4.26. The van der Waals surface area contributed by atoms with Crippen LogP contribution in [-0.4, -0.2) is 16.1 Å². The molecule has 2 rings (SSSR count). The maximum Gasteiger partial charge on any atom is 0.105 e. The zero-order valence-corrected chi connectivity index (χ0v) is 10.4. The number of nitrogens with zero attached hydrogens (tertiary/aromatic N) is 2. The van der Waals surface area contributed by atoms with Crippen molar-refractivity contribution < 1.29 is 0 Å². The Morgan fingerprint density at radius 3 is 2.65 bits per heavy atom. The van der Waals surface area contributed by atoms with E-state index in [9.17, 15) is 0 Å². The number of benzene rings is 1. The van der Waals surface area contributed by atoms with Crippen LogP contribution in [0.15, 0.2) is 42.7 Å². The summed E-state index contributed by atoms with van der Waals surface area (Å²) in [6, 6.07) is 10.9. The van der Waals surface area contributed by atoms with Gasteiger partial charge in [0.2, 0.25) is 0 Å². The van der Waals surface area contributed by atoms with E-state index in [1.807, 2.05) is 19.3 Å². The quantitative estimate of drug-likeness (QED) is 0.854. The molecule has 0 spiro atoms. The lowest BCUT2D eigenvalue weighted by molar-refractivity contribution is 0.469. The minimum atomic E-state index is 0.342. The first kappa shape index (κ1) is 11.9. The molecule has 1 aromatic heterocycles. The van der Waals surface area contributed by atoms with Crippen LogP contribution >= 0.6 is 0 Å². The molecule has 1 N–H and O–H groups in total. The fourth-order valence-corrected chi connectivity index (χ4v) is 2.01. The molecular weight excluding hydrogens is 210 g/mol. The van der Waals surface area contributed by atoms with Crippen LogP contribution in [-0.2, 0) is 6.54 Å². The Kier molecular flexibility index (Phi) is 3.94. The van der Waals surface area contributed by atoms with E-state index in [1.165, 1.54) is 5.56 Å². The Bertz CT molecular complexity index is 448. The van der Waals surface area contributed by atoms with Crippen LogP contribution < -0.4 is 5.32 Å². The number of aryl methyl sites for hydroxylation is 1. The van der Waals surface area contributed by atoms with Gasteiger partial charge in [0.1, 0.15) is 5.82 Å². The molecule has 0 aliphatic heterocycles. The summed E-state index contributed by atoms with van der Waals surface area (Å²) in [7, 11) is 0. The number of imidazole rings is 1. The number of likely N-dealkylation sites (N-methyl/N-ethyl adjacent to an activating group) is 1. The topological polar surface area (TPSA) is 29.9 Å². The Labute approximate surface area is 103 Å². The van der Waals surface area contributed by atoms with E-state index in [0.717, 1.165) is 18.9 Å². The summed E-state index contributed by atoms with van der Waals surface area (Å²) in [5.74, 6) is 1.06. The van der Waals surface area contributed by atoms with Crippen LogP contribution in [0.2, 0.25) is 0 Å². The molecule has 0 radical (unpaired) electrons. The molecule has 0 aliphatic rings. The van der Waals surface area contributed by atoms with E-state index in [2.05, 4.69) is 52.1 Å². The molecule has 1 heterocycles. The largest absolute Gasteiger partial charge is 0.333 e.